The van der Waals surface area contributed by atoms with Crippen molar-refractivity contribution in [2.24, 2.45) is 0 Å². The third-order valence-corrected chi connectivity index (χ3v) is 1.99. The molecule has 9 heteroatoms. The molecular formula is C6H3F3N2O3S. The predicted octanol–water partition coefficient (Wildman–Crippen LogP) is 1.90. The number of H-pyrrole nitrogens is 1. The van der Waals surface area contributed by atoms with Crippen LogP contribution in [0, 0.1) is 10.1 Å². The van der Waals surface area contributed by atoms with E-state index in [2.05, 4.69) is 0 Å². The van der Waals surface area contributed by atoms with Crippen molar-refractivity contribution < 1.29 is 18.1 Å². The van der Waals surface area contributed by atoms with Crippen LogP contribution in [0.25, 0.3) is 0 Å². The molecule has 0 spiro atoms. The number of halogens is 3. The topological polar surface area (TPSA) is 76.0 Å². The van der Waals surface area contributed by atoms with Crippen LogP contribution >= 0.6 is 11.8 Å². The second-order valence-corrected chi connectivity index (χ2v) is 3.49. The Bertz CT molecular complexity index is 442. The van der Waals surface area contributed by atoms with Crippen molar-refractivity contribution in [3.8, 4) is 0 Å². The Labute approximate surface area is 84.5 Å². The van der Waals surface area contributed by atoms with Crippen LogP contribution in [0.4, 0.5) is 18.9 Å². The maximum atomic E-state index is 11.9. The standard InChI is InChI=1S/C6H3F3N2O3S/c7-6(8,9)15-3-1-4(11(13)14)5(12)10-2-3/h1-2H,(H,10,12). The molecule has 0 aliphatic carbocycles. The first-order valence-corrected chi connectivity index (χ1v) is 4.24. The van der Waals surface area contributed by atoms with E-state index in [-0.39, 0.29) is 0 Å². The van der Waals surface area contributed by atoms with E-state index in [0.717, 1.165) is 6.20 Å². The Hall–Kier alpha value is -1.51. The zero-order valence-electron chi connectivity index (χ0n) is 6.87. The van der Waals surface area contributed by atoms with Crippen LogP contribution in [0.15, 0.2) is 22.0 Å². The summed E-state index contributed by atoms with van der Waals surface area (Å²) in [4.78, 5) is 21.4. The first-order valence-electron chi connectivity index (χ1n) is 3.42. The van der Waals surface area contributed by atoms with E-state index in [1.54, 1.807) is 0 Å². The normalized spacial score (nSPS) is 11.4. The predicted molar refractivity (Wildman–Crippen MR) is 45.6 cm³/mol. The lowest BCUT2D eigenvalue weighted by molar-refractivity contribution is -0.386. The molecule has 0 saturated carbocycles. The van der Waals surface area contributed by atoms with Crippen molar-refractivity contribution in [3.63, 3.8) is 0 Å². The fraction of sp³-hybridized carbons (Fsp3) is 0.167. The minimum absolute atomic E-state index is 0.436. The molecule has 1 rings (SSSR count). The Morgan fingerprint density at radius 2 is 2.07 bits per heavy atom. The molecule has 15 heavy (non-hydrogen) atoms. The van der Waals surface area contributed by atoms with Gasteiger partial charge in [0.15, 0.2) is 0 Å². The Balaban J connectivity index is 3.09. The van der Waals surface area contributed by atoms with Crippen LogP contribution in [-0.2, 0) is 0 Å². The lowest BCUT2D eigenvalue weighted by Crippen LogP contribution is -2.11. The minimum Gasteiger partial charge on any atom is -0.322 e. The summed E-state index contributed by atoms with van der Waals surface area (Å²) in [5, 5.41) is 10.2. The highest BCUT2D eigenvalue weighted by atomic mass is 32.2. The summed E-state index contributed by atoms with van der Waals surface area (Å²) in [6.45, 7) is 0. The highest BCUT2D eigenvalue weighted by Gasteiger charge is 2.30. The molecular weight excluding hydrogens is 237 g/mol. The summed E-state index contributed by atoms with van der Waals surface area (Å²) in [5.74, 6) is 0. The number of hydrogen-bond acceptors (Lipinski definition) is 4. The molecule has 1 aromatic rings. The van der Waals surface area contributed by atoms with Gasteiger partial charge >= 0.3 is 16.8 Å². The molecule has 1 N–H and O–H groups in total. The average Bonchev–Trinajstić information content (AvgIpc) is 2.05. The molecule has 1 aromatic heterocycles. The Kier molecular flexibility index (Phi) is 3.03. The maximum absolute atomic E-state index is 11.9. The number of rotatable bonds is 2. The molecule has 82 valence electrons. The molecule has 0 aromatic carbocycles. The third-order valence-electron chi connectivity index (χ3n) is 1.29. The third kappa shape index (κ3) is 3.27. The lowest BCUT2D eigenvalue weighted by Gasteiger charge is -2.03. The molecule has 0 atom stereocenters. The van der Waals surface area contributed by atoms with Gasteiger partial charge in [-0.25, -0.2) is 0 Å². The molecule has 5 nitrogen and oxygen atoms in total. The van der Waals surface area contributed by atoms with Crippen LogP contribution in [0.5, 0.6) is 0 Å². The number of aromatic nitrogens is 1. The first-order chi connectivity index (χ1) is 6.79. The van der Waals surface area contributed by atoms with Crippen LogP contribution < -0.4 is 5.56 Å². The van der Waals surface area contributed by atoms with Crippen LogP contribution in [-0.4, -0.2) is 15.4 Å². The van der Waals surface area contributed by atoms with Gasteiger partial charge in [-0.2, -0.15) is 13.2 Å². The zero-order valence-corrected chi connectivity index (χ0v) is 7.69. The number of thioether (sulfide) groups is 1. The number of hydrogen-bond donors (Lipinski definition) is 1. The van der Waals surface area contributed by atoms with E-state index in [1.807, 2.05) is 4.98 Å². The fourth-order valence-electron chi connectivity index (χ4n) is 0.781. The summed E-state index contributed by atoms with van der Waals surface area (Å²) in [5.41, 5.74) is -6.50. The van der Waals surface area contributed by atoms with Gasteiger partial charge < -0.3 is 4.98 Å². The zero-order chi connectivity index (χ0) is 11.6. The summed E-state index contributed by atoms with van der Waals surface area (Å²) < 4.78 is 35.6. The van der Waals surface area contributed by atoms with Gasteiger partial charge in [0.05, 0.1) is 4.92 Å². The molecule has 0 radical (unpaired) electrons. The summed E-state index contributed by atoms with van der Waals surface area (Å²) in [6.07, 6.45) is 0.771. The van der Waals surface area contributed by atoms with E-state index in [0.29, 0.717) is 6.07 Å². The Morgan fingerprint density at radius 3 is 2.53 bits per heavy atom. The number of nitrogens with one attached hydrogen (secondary N) is 1. The maximum Gasteiger partial charge on any atom is 0.446 e. The molecule has 0 unspecified atom stereocenters. The van der Waals surface area contributed by atoms with Gasteiger partial charge in [0.2, 0.25) is 0 Å². The van der Waals surface area contributed by atoms with Gasteiger partial charge in [-0.15, -0.1) is 0 Å². The van der Waals surface area contributed by atoms with Gasteiger partial charge in [0.1, 0.15) is 0 Å². The first kappa shape index (κ1) is 11.6. The molecule has 0 saturated heterocycles. The molecule has 0 aliphatic heterocycles. The van der Waals surface area contributed by atoms with Gasteiger partial charge in [-0.1, -0.05) is 0 Å². The van der Waals surface area contributed by atoms with Crippen molar-refractivity contribution >= 4 is 17.4 Å². The van der Waals surface area contributed by atoms with E-state index in [1.165, 1.54) is 0 Å². The molecule has 0 fully saturated rings. The lowest BCUT2D eigenvalue weighted by atomic mass is 10.4. The van der Waals surface area contributed by atoms with Gasteiger partial charge in [-0.05, 0) is 11.8 Å². The van der Waals surface area contributed by atoms with Crippen molar-refractivity contribution in [1.29, 1.82) is 0 Å². The van der Waals surface area contributed by atoms with E-state index in [4.69, 9.17) is 0 Å². The van der Waals surface area contributed by atoms with Crippen molar-refractivity contribution in [2.45, 2.75) is 10.4 Å². The largest absolute Gasteiger partial charge is 0.446 e. The number of aromatic amines is 1. The molecule has 0 aliphatic rings. The highest BCUT2D eigenvalue weighted by molar-refractivity contribution is 8.00. The monoisotopic (exact) mass is 240 g/mol. The van der Waals surface area contributed by atoms with Gasteiger partial charge in [0.25, 0.3) is 0 Å². The number of pyridine rings is 1. The van der Waals surface area contributed by atoms with Crippen molar-refractivity contribution in [2.75, 3.05) is 0 Å². The van der Waals surface area contributed by atoms with Crippen molar-refractivity contribution in [3.05, 3.63) is 32.7 Å². The average molecular weight is 240 g/mol. The minimum atomic E-state index is -4.55. The quantitative estimate of drug-likeness (QED) is 0.486. The summed E-state index contributed by atoms with van der Waals surface area (Å²) in [7, 11) is 0. The summed E-state index contributed by atoms with van der Waals surface area (Å²) in [6, 6.07) is 0.580. The van der Waals surface area contributed by atoms with Gasteiger partial charge in [-0.3, -0.25) is 14.9 Å². The second kappa shape index (κ2) is 3.93. The number of nitro groups is 1. The number of alkyl halides is 3. The van der Waals surface area contributed by atoms with Crippen LogP contribution in [0.1, 0.15) is 0 Å². The molecule has 0 amide bonds. The van der Waals surface area contributed by atoms with E-state index in [9.17, 15) is 28.1 Å². The van der Waals surface area contributed by atoms with Crippen LogP contribution in [0.3, 0.4) is 0 Å². The molecule has 1 heterocycles. The summed E-state index contributed by atoms with van der Waals surface area (Å²) >= 11 is -0.534. The van der Waals surface area contributed by atoms with Gasteiger partial charge in [0, 0.05) is 17.2 Å². The van der Waals surface area contributed by atoms with E-state index >= 15 is 0 Å². The van der Waals surface area contributed by atoms with Crippen LogP contribution in [0.2, 0.25) is 0 Å². The highest BCUT2D eigenvalue weighted by Crippen LogP contribution is 2.36. The second-order valence-electron chi connectivity index (χ2n) is 2.35. The SMILES string of the molecule is O=c1[nH]cc(SC(F)(F)F)cc1[N+](=O)[O-]. The molecule has 0 bridgehead atoms. The fourth-order valence-corrected chi connectivity index (χ4v) is 1.34. The van der Waals surface area contributed by atoms with Crippen molar-refractivity contribution in [1.82, 2.24) is 4.98 Å². The Morgan fingerprint density at radius 1 is 1.47 bits per heavy atom. The van der Waals surface area contributed by atoms with E-state index < -0.39 is 38.3 Å². The number of nitrogens with zero attached hydrogens (tertiary/aromatic N) is 1. The smallest absolute Gasteiger partial charge is 0.322 e.